The zero-order valence-corrected chi connectivity index (χ0v) is 12.3. The maximum absolute atomic E-state index is 11.4. The van der Waals surface area contributed by atoms with Crippen LogP contribution >= 0.6 is 0 Å². The average Bonchev–Trinajstić information content (AvgIpc) is 2.88. The summed E-state index contributed by atoms with van der Waals surface area (Å²) in [7, 11) is 0. The molecule has 2 heteroatoms. The molecule has 2 aliphatic rings. The molecule has 106 valence electrons. The molecule has 1 aliphatic carbocycles. The van der Waals surface area contributed by atoms with Gasteiger partial charge in [-0.3, -0.25) is 4.79 Å². The van der Waals surface area contributed by atoms with Crippen molar-refractivity contribution in [2.45, 2.75) is 31.6 Å². The minimum atomic E-state index is 0.0672. The minimum Gasteiger partial charge on any atom is -0.355 e. The van der Waals surface area contributed by atoms with E-state index in [9.17, 15) is 4.79 Å². The SMILES string of the molecule is CC1(c2ccc3c(c2)Cc2ccccc2-3)CCC(=O)NC1. The van der Waals surface area contributed by atoms with E-state index >= 15 is 0 Å². The lowest BCUT2D eigenvalue weighted by Crippen LogP contribution is -2.44. The Morgan fingerprint density at radius 1 is 1.05 bits per heavy atom. The van der Waals surface area contributed by atoms with Gasteiger partial charge in [0.15, 0.2) is 0 Å². The Hall–Kier alpha value is -2.09. The number of piperidine rings is 1. The van der Waals surface area contributed by atoms with Gasteiger partial charge in [0.05, 0.1) is 0 Å². The highest BCUT2D eigenvalue weighted by Gasteiger charge is 2.32. The van der Waals surface area contributed by atoms with Gasteiger partial charge in [-0.2, -0.15) is 0 Å². The highest BCUT2D eigenvalue weighted by molar-refractivity contribution is 5.78. The molecule has 2 aromatic rings. The molecule has 1 N–H and O–H groups in total. The number of rotatable bonds is 1. The van der Waals surface area contributed by atoms with E-state index < -0.39 is 0 Å². The molecule has 1 heterocycles. The van der Waals surface area contributed by atoms with Crippen LogP contribution in [-0.4, -0.2) is 12.5 Å². The molecular formula is C19H19NO. The summed E-state index contributed by atoms with van der Waals surface area (Å²) >= 11 is 0. The standard InChI is InChI=1S/C19H19NO/c1-19(9-8-18(21)20-12-19)15-6-7-17-14(11-15)10-13-4-2-3-5-16(13)17/h2-7,11H,8-10,12H2,1H3,(H,20,21). The first-order valence-electron chi connectivity index (χ1n) is 7.64. The van der Waals surface area contributed by atoms with Gasteiger partial charge in [0, 0.05) is 18.4 Å². The summed E-state index contributed by atoms with van der Waals surface area (Å²) < 4.78 is 0. The van der Waals surface area contributed by atoms with Gasteiger partial charge in [-0.15, -0.1) is 0 Å². The van der Waals surface area contributed by atoms with Gasteiger partial charge in [0.2, 0.25) is 5.91 Å². The van der Waals surface area contributed by atoms with E-state index in [1.807, 2.05) is 0 Å². The van der Waals surface area contributed by atoms with Crippen molar-refractivity contribution in [3.63, 3.8) is 0 Å². The number of carbonyl (C=O) groups is 1. The van der Waals surface area contributed by atoms with Gasteiger partial charge >= 0.3 is 0 Å². The van der Waals surface area contributed by atoms with E-state index in [1.54, 1.807) is 0 Å². The van der Waals surface area contributed by atoms with E-state index in [-0.39, 0.29) is 11.3 Å². The van der Waals surface area contributed by atoms with Crippen molar-refractivity contribution in [3.8, 4) is 11.1 Å². The smallest absolute Gasteiger partial charge is 0.220 e. The van der Waals surface area contributed by atoms with Crippen molar-refractivity contribution in [2.24, 2.45) is 0 Å². The normalized spacial score (nSPS) is 23.4. The molecule has 2 nitrogen and oxygen atoms in total. The van der Waals surface area contributed by atoms with E-state index in [2.05, 4.69) is 54.7 Å². The molecule has 1 saturated heterocycles. The summed E-state index contributed by atoms with van der Waals surface area (Å²) in [5, 5.41) is 3.02. The fourth-order valence-electron chi connectivity index (χ4n) is 3.63. The second-order valence-electron chi connectivity index (χ2n) is 6.54. The van der Waals surface area contributed by atoms with Crippen LogP contribution in [0.4, 0.5) is 0 Å². The van der Waals surface area contributed by atoms with Gasteiger partial charge < -0.3 is 5.32 Å². The van der Waals surface area contributed by atoms with Crippen molar-refractivity contribution >= 4 is 5.91 Å². The van der Waals surface area contributed by atoms with Crippen LogP contribution in [0.15, 0.2) is 42.5 Å². The van der Waals surface area contributed by atoms with Crippen LogP contribution in [0.5, 0.6) is 0 Å². The number of hydrogen-bond acceptors (Lipinski definition) is 1. The van der Waals surface area contributed by atoms with Gasteiger partial charge in [-0.05, 0) is 40.7 Å². The zero-order valence-electron chi connectivity index (χ0n) is 12.3. The summed E-state index contributed by atoms with van der Waals surface area (Å²) in [6.07, 6.45) is 2.60. The van der Waals surface area contributed by atoms with Gasteiger partial charge in [-0.1, -0.05) is 49.4 Å². The van der Waals surface area contributed by atoms with Crippen LogP contribution in [0.25, 0.3) is 11.1 Å². The molecule has 1 aliphatic heterocycles. The molecule has 0 bridgehead atoms. The number of nitrogens with one attached hydrogen (secondary N) is 1. The molecule has 2 aromatic carbocycles. The fraction of sp³-hybridized carbons (Fsp3) is 0.316. The van der Waals surface area contributed by atoms with Gasteiger partial charge in [0.25, 0.3) is 0 Å². The van der Waals surface area contributed by atoms with Gasteiger partial charge in [-0.25, -0.2) is 0 Å². The number of amides is 1. The Morgan fingerprint density at radius 2 is 1.86 bits per heavy atom. The second-order valence-corrected chi connectivity index (χ2v) is 6.54. The lowest BCUT2D eigenvalue weighted by molar-refractivity contribution is -0.123. The fourth-order valence-corrected chi connectivity index (χ4v) is 3.63. The molecule has 4 rings (SSSR count). The quantitative estimate of drug-likeness (QED) is 0.725. The van der Waals surface area contributed by atoms with Crippen molar-refractivity contribution < 1.29 is 4.79 Å². The van der Waals surface area contributed by atoms with E-state index in [4.69, 9.17) is 0 Å². The summed E-state index contributed by atoms with van der Waals surface area (Å²) in [6, 6.07) is 15.5. The van der Waals surface area contributed by atoms with Crippen LogP contribution in [0.3, 0.4) is 0 Å². The summed E-state index contributed by atoms with van der Waals surface area (Å²) in [5.74, 6) is 0.182. The van der Waals surface area contributed by atoms with Crippen molar-refractivity contribution in [3.05, 3.63) is 59.2 Å². The third-order valence-electron chi connectivity index (χ3n) is 5.07. The highest BCUT2D eigenvalue weighted by Crippen LogP contribution is 2.40. The number of carbonyl (C=O) groups excluding carboxylic acids is 1. The second kappa shape index (κ2) is 4.45. The molecule has 0 spiro atoms. The van der Waals surface area contributed by atoms with Crippen LogP contribution in [0, 0.1) is 0 Å². The summed E-state index contributed by atoms with van der Waals surface area (Å²) in [5.41, 5.74) is 7.02. The van der Waals surface area contributed by atoms with E-state index in [1.165, 1.54) is 27.8 Å². The molecule has 0 saturated carbocycles. The Morgan fingerprint density at radius 3 is 2.67 bits per heavy atom. The first-order valence-corrected chi connectivity index (χ1v) is 7.64. The third kappa shape index (κ3) is 1.98. The average molecular weight is 277 g/mol. The van der Waals surface area contributed by atoms with Crippen molar-refractivity contribution in [1.29, 1.82) is 0 Å². The van der Waals surface area contributed by atoms with Crippen LogP contribution < -0.4 is 5.32 Å². The van der Waals surface area contributed by atoms with E-state index in [0.29, 0.717) is 6.42 Å². The molecule has 1 amide bonds. The molecule has 21 heavy (non-hydrogen) atoms. The Labute approximate surface area is 125 Å². The molecule has 0 radical (unpaired) electrons. The molecule has 1 fully saturated rings. The third-order valence-corrected chi connectivity index (χ3v) is 5.07. The lowest BCUT2D eigenvalue weighted by Gasteiger charge is -2.34. The Balaban J connectivity index is 1.72. The molecule has 0 aromatic heterocycles. The van der Waals surface area contributed by atoms with Gasteiger partial charge in [0.1, 0.15) is 0 Å². The Bertz CT molecular complexity index is 722. The molecule has 1 unspecified atom stereocenters. The number of fused-ring (bicyclic) bond motifs is 3. The predicted octanol–water partition coefficient (Wildman–Crippen LogP) is 3.43. The Kier molecular flexibility index (Phi) is 2.68. The van der Waals surface area contributed by atoms with Crippen LogP contribution in [-0.2, 0) is 16.6 Å². The van der Waals surface area contributed by atoms with Crippen molar-refractivity contribution in [1.82, 2.24) is 5.32 Å². The first-order chi connectivity index (χ1) is 10.2. The minimum absolute atomic E-state index is 0.0672. The number of hydrogen-bond donors (Lipinski definition) is 1. The van der Waals surface area contributed by atoms with E-state index in [0.717, 1.165) is 19.4 Å². The first kappa shape index (κ1) is 12.6. The largest absolute Gasteiger partial charge is 0.355 e. The maximum Gasteiger partial charge on any atom is 0.220 e. The highest BCUT2D eigenvalue weighted by atomic mass is 16.1. The number of benzene rings is 2. The summed E-state index contributed by atoms with van der Waals surface area (Å²) in [6.45, 7) is 3.01. The molecular weight excluding hydrogens is 258 g/mol. The zero-order chi connectivity index (χ0) is 14.4. The summed E-state index contributed by atoms with van der Waals surface area (Å²) in [4.78, 5) is 11.4. The van der Waals surface area contributed by atoms with Crippen LogP contribution in [0.1, 0.15) is 36.5 Å². The monoisotopic (exact) mass is 277 g/mol. The van der Waals surface area contributed by atoms with Crippen molar-refractivity contribution in [2.75, 3.05) is 6.54 Å². The predicted molar refractivity (Wildman–Crippen MR) is 84.3 cm³/mol. The topological polar surface area (TPSA) is 29.1 Å². The maximum atomic E-state index is 11.4. The van der Waals surface area contributed by atoms with Crippen LogP contribution in [0.2, 0.25) is 0 Å². The molecule has 1 atom stereocenters. The lowest BCUT2D eigenvalue weighted by atomic mass is 9.75.